The van der Waals surface area contributed by atoms with Gasteiger partial charge in [-0.25, -0.2) is 0 Å². The highest BCUT2D eigenvalue weighted by molar-refractivity contribution is 5.91. The van der Waals surface area contributed by atoms with E-state index in [2.05, 4.69) is 31.1 Å². The molecule has 0 bridgehead atoms. The molecule has 0 radical (unpaired) electrons. The second kappa shape index (κ2) is 7.05. The molecule has 120 valence electrons. The number of nitrogens with two attached hydrogens (primary N) is 1. The molecule has 0 unspecified atom stereocenters. The minimum absolute atomic E-state index is 0.0479. The molecule has 0 aliphatic rings. The maximum absolute atomic E-state index is 12.2. The topological polar surface area (TPSA) is 118 Å². The van der Waals surface area contributed by atoms with Gasteiger partial charge < -0.3 is 11.1 Å². The maximum atomic E-state index is 12.2. The van der Waals surface area contributed by atoms with Crippen LogP contribution in [0.1, 0.15) is 10.6 Å². The van der Waals surface area contributed by atoms with Crippen LogP contribution in [-0.4, -0.2) is 20.9 Å². The van der Waals surface area contributed by atoms with Crippen LogP contribution in [-0.2, 0) is 0 Å². The fraction of sp³-hybridized carbons (Fsp3) is 0. The molecule has 0 saturated heterocycles. The summed E-state index contributed by atoms with van der Waals surface area (Å²) in [5.41, 5.74) is 12.4. The molecule has 0 aliphatic carbocycles. The Bertz CT molecular complexity index is 824. The Kier molecular flexibility index (Phi) is 4.47. The van der Waals surface area contributed by atoms with Crippen molar-refractivity contribution in [2.75, 3.05) is 16.5 Å². The zero-order valence-electron chi connectivity index (χ0n) is 12.6. The summed E-state index contributed by atoms with van der Waals surface area (Å²) >= 11 is 0. The fourth-order valence-corrected chi connectivity index (χ4v) is 1.91. The van der Waals surface area contributed by atoms with E-state index < -0.39 is 5.91 Å². The molecule has 1 aromatic heterocycles. The van der Waals surface area contributed by atoms with Crippen LogP contribution in [0.25, 0.3) is 0 Å². The van der Waals surface area contributed by atoms with Gasteiger partial charge in [0, 0.05) is 5.69 Å². The third kappa shape index (κ3) is 3.95. The van der Waals surface area contributed by atoms with Crippen LogP contribution < -0.4 is 21.9 Å². The smallest absolute Gasteiger partial charge is 0.307 e. The lowest BCUT2D eigenvalue weighted by molar-refractivity contribution is 0.0952. The molecular formula is C16H15N7O. The quantitative estimate of drug-likeness (QED) is 0.530. The van der Waals surface area contributed by atoms with E-state index in [9.17, 15) is 4.79 Å². The van der Waals surface area contributed by atoms with Crippen molar-refractivity contribution in [2.24, 2.45) is 0 Å². The number of hydrogen-bond acceptors (Lipinski definition) is 7. The highest BCUT2D eigenvalue weighted by Crippen LogP contribution is 2.12. The van der Waals surface area contributed by atoms with Gasteiger partial charge in [-0.3, -0.25) is 15.6 Å². The number of nitrogen functional groups attached to an aromatic ring is 1. The highest BCUT2D eigenvalue weighted by atomic mass is 16.2. The molecule has 0 aliphatic heterocycles. The van der Waals surface area contributed by atoms with Gasteiger partial charge in [0.1, 0.15) is 0 Å². The number of benzene rings is 2. The van der Waals surface area contributed by atoms with Gasteiger partial charge in [-0.1, -0.05) is 36.4 Å². The number of rotatable bonds is 5. The second-order valence-corrected chi connectivity index (χ2v) is 4.78. The van der Waals surface area contributed by atoms with Crippen molar-refractivity contribution >= 4 is 29.2 Å². The van der Waals surface area contributed by atoms with Crippen LogP contribution in [0.3, 0.4) is 0 Å². The summed E-state index contributed by atoms with van der Waals surface area (Å²) in [4.78, 5) is 24.1. The van der Waals surface area contributed by atoms with Gasteiger partial charge in [0.25, 0.3) is 0 Å². The van der Waals surface area contributed by atoms with Crippen LogP contribution in [0.15, 0.2) is 60.7 Å². The summed E-state index contributed by atoms with van der Waals surface area (Å²) in [6.07, 6.45) is 0. The van der Waals surface area contributed by atoms with Gasteiger partial charge in [0.15, 0.2) is 0 Å². The molecule has 0 atom stereocenters. The van der Waals surface area contributed by atoms with E-state index in [1.54, 1.807) is 0 Å². The lowest BCUT2D eigenvalue weighted by Gasteiger charge is -2.09. The Morgan fingerprint density at radius 1 is 0.833 bits per heavy atom. The number of anilines is 4. The van der Waals surface area contributed by atoms with Crippen LogP contribution in [0.2, 0.25) is 0 Å². The molecule has 0 fully saturated rings. The fourth-order valence-electron chi connectivity index (χ4n) is 1.91. The predicted octanol–water partition coefficient (Wildman–Crippen LogP) is 1.95. The molecule has 0 spiro atoms. The zero-order valence-corrected chi connectivity index (χ0v) is 12.6. The number of amides is 1. The number of para-hydroxylation sites is 2. The molecule has 0 saturated carbocycles. The van der Waals surface area contributed by atoms with Crippen LogP contribution in [0.5, 0.6) is 0 Å². The average molecular weight is 321 g/mol. The predicted molar refractivity (Wildman–Crippen MR) is 91.5 cm³/mol. The van der Waals surface area contributed by atoms with Crippen molar-refractivity contribution in [2.45, 2.75) is 0 Å². The SMILES string of the molecule is Nc1nc(Nc2ccccc2)nc(C(=O)NNc2ccccc2)n1. The number of nitrogens with one attached hydrogen (secondary N) is 3. The normalized spacial score (nSPS) is 10.0. The minimum atomic E-state index is -0.524. The Morgan fingerprint density at radius 3 is 2.12 bits per heavy atom. The van der Waals surface area contributed by atoms with Gasteiger partial charge in [-0.05, 0) is 24.3 Å². The van der Waals surface area contributed by atoms with Gasteiger partial charge >= 0.3 is 5.91 Å². The van der Waals surface area contributed by atoms with Crippen molar-refractivity contribution in [3.63, 3.8) is 0 Å². The summed E-state index contributed by atoms with van der Waals surface area (Å²) in [5.74, 6) is -0.472. The van der Waals surface area contributed by atoms with Crippen molar-refractivity contribution < 1.29 is 4.79 Å². The van der Waals surface area contributed by atoms with E-state index in [0.717, 1.165) is 11.4 Å². The van der Waals surface area contributed by atoms with Crippen LogP contribution >= 0.6 is 0 Å². The molecule has 8 nitrogen and oxygen atoms in total. The Labute approximate surface area is 138 Å². The highest BCUT2D eigenvalue weighted by Gasteiger charge is 2.12. The molecule has 8 heteroatoms. The lowest BCUT2D eigenvalue weighted by Crippen LogP contribution is -2.31. The number of carbonyl (C=O) groups excluding carboxylic acids is 1. The van der Waals surface area contributed by atoms with E-state index in [1.807, 2.05) is 60.7 Å². The first-order valence-corrected chi connectivity index (χ1v) is 7.16. The lowest BCUT2D eigenvalue weighted by atomic mass is 10.3. The van der Waals surface area contributed by atoms with Crippen molar-refractivity contribution in [1.82, 2.24) is 20.4 Å². The van der Waals surface area contributed by atoms with E-state index in [4.69, 9.17) is 5.73 Å². The van der Waals surface area contributed by atoms with Crippen LogP contribution in [0.4, 0.5) is 23.3 Å². The monoisotopic (exact) mass is 321 g/mol. The molecule has 24 heavy (non-hydrogen) atoms. The Morgan fingerprint density at radius 2 is 1.46 bits per heavy atom. The van der Waals surface area contributed by atoms with Crippen molar-refractivity contribution in [3.05, 3.63) is 66.5 Å². The molecular weight excluding hydrogens is 306 g/mol. The minimum Gasteiger partial charge on any atom is -0.368 e. The third-order valence-electron chi connectivity index (χ3n) is 2.98. The van der Waals surface area contributed by atoms with Gasteiger partial charge in [0.2, 0.25) is 17.7 Å². The number of hydrazine groups is 1. The van der Waals surface area contributed by atoms with Crippen molar-refractivity contribution in [3.8, 4) is 0 Å². The van der Waals surface area contributed by atoms with Crippen LogP contribution in [0, 0.1) is 0 Å². The number of nitrogens with zero attached hydrogens (tertiary/aromatic N) is 3. The Hall–Kier alpha value is -3.68. The first kappa shape index (κ1) is 15.2. The van der Waals surface area contributed by atoms with E-state index in [-0.39, 0.29) is 17.7 Å². The molecule has 3 aromatic rings. The van der Waals surface area contributed by atoms with Crippen molar-refractivity contribution in [1.29, 1.82) is 0 Å². The first-order chi connectivity index (χ1) is 11.7. The number of aromatic nitrogens is 3. The summed E-state index contributed by atoms with van der Waals surface area (Å²) in [7, 11) is 0. The Balaban J connectivity index is 1.72. The molecule has 1 heterocycles. The first-order valence-electron chi connectivity index (χ1n) is 7.16. The molecule has 2 aromatic carbocycles. The molecule has 1 amide bonds. The third-order valence-corrected chi connectivity index (χ3v) is 2.98. The summed E-state index contributed by atoms with van der Waals surface area (Å²) in [6, 6.07) is 18.5. The number of carbonyl (C=O) groups is 1. The maximum Gasteiger partial charge on any atom is 0.307 e. The largest absolute Gasteiger partial charge is 0.368 e. The average Bonchev–Trinajstić information content (AvgIpc) is 2.61. The van der Waals surface area contributed by atoms with Gasteiger partial charge in [-0.2, -0.15) is 15.0 Å². The van der Waals surface area contributed by atoms with Gasteiger partial charge in [-0.15, -0.1) is 0 Å². The molecule has 3 rings (SSSR count). The summed E-state index contributed by atoms with van der Waals surface area (Å²) in [5, 5.41) is 2.97. The zero-order chi connectivity index (χ0) is 16.8. The number of hydrogen-bond donors (Lipinski definition) is 4. The van der Waals surface area contributed by atoms with Gasteiger partial charge in [0.05, 0.1) is 5.69 Å². The summed E-state index contributed by atoms with van der Waals surface area (Å²) in [6.45, 7) is 0. The van der Waals surface area contributed by atoms with E-state index in [1.165, 1.54) is 0 Å². The summed E-state index contributed by atoms with van der Waals surface area (Å²) < 4.78 is 0. The molecule has 5 N–H and O–H groups in total. The van der Waals surface area contributed by atoms with E-state index >= 15 is 0 Å². The second-order valence-electron chi connectivity index (χ2n) is 4.78. The standard InChI is InChI=1S/C16H15N7O/c17-15-19-13(14(24)23-22-12-9-5-2-6-10-12)20-16(21-15)18-11-7-3-1-4-8-11/h1-10,22H,(H,23,24)(H3,17,18,19,20,21). The van der Waals surface area contributed by atoms with E-state index in [0.29, 0.717) is 0 Å².